The van der Waals surface area contributed by atoms with Crippen LogP contribution in [-0.2, 0) is 16.1 Å². The highest BCUT2D eigenvalue weighted by Crippen LogP contribution is 2.07. The van der Waals surface area contributed by atoms with Crippen molar-refractivity contribution in [1.29, 1.82) is 0 Å². The molecule has 1 fully saturated rings. The fourth-order valence-corrected chi connectivity index (χ4v) is 1.96. The van der Waals surface area contributed by atoms with E-state index >= 15 is 0 Å². The third kappa shape index (κ3) is 3.05. The Labute approximate surface area is 106 Å². The van der Waals surface area contributed by atoms with Crippen LogP contribution in [-0.4, -0.2) is 31.2 Å². The van der Waals surface area contributed by atoms with E-state index in [0.717, 1.165) is 0 Å². The fourth-order valence-electron chi connectivity index (χ4n) is 1.96. The van der Waals surface area contributed by atoms with E-state index in [2.05, 4.69) is 10.6 Å². The second-order valence-corrected chi connectivity index (χ2v) is 4.32. The van der Waals surface area contributed by atoms with Crippen molar-refractivity contribution in [2.75, 3.05) is 13.2 Å². The standard InChI is InChI=1S/C13H17FN2O2/c1-9-12(15-6-7-18-9)13(17)16-8-10-4-2-3-5-11(10)14/h2-5,9,12,15H,6-8H2,1H3,(H,16,17)/t9-,12+/m1/s1. The van der Waals surface area contributed by atoms with Gasteiger partial charge in [-0.25, -0.2) is 4.39 Å². The van der Waals surface area contributed by atoms with E-state index in [4.69, 9.17) is 4.74 Å². The van der Waals surface area contributed by atoms with Crippen LogP contribution in [0.2, 0.25) is 0 Å². The smallest absolute Gasteiger partial charge is 0.240 e. The molecule has 1 aromatic carbocycles. The Morgan fingerprint density at radius 3 is 3.06 bits per heavy atom. The summed E-state index contributed by atoms with van der Waals surface area (Å²) in [4.78, 5) is 11.9. The summed E-state index contributed by atoms with van der Waals surface area (Å²) < 4.78 is 18.8. The fraction of sp³-hybridized carbons (Fsp3) is 0.462. The Hall–Kier alpha value is -1.46. The summed E-state index contributed by atoms with van der Waals surface area (Å²) in [5, 5.41) is 5.81. The van der Waals surface area contributed by atoms with Gasteiger partial charge in [0.25, 0.3) is 0 Å². The molecule has 1 aliphatic heterocycles. The molecule has 0 radical (unpaired) electrons. The number of halogens is 1. The van der Waals surface area contributed by atoms with Gasteiger partial charge in [0.2, 0.25) is 5.91 Å². The van der Waals surface area contributed by atoms with Crippen molar-refractivity contribution < 1.29 is 13.9 Å². The molecule has 1 heterocycles. The zero-order valence-electron chi connectivity index (χ0n) is 10.3. The minimum atomic E-state index is -0.370. The van der Waals surface area contributed by atoms with Gasteiger partial charge in [-0.2, -0.15) is 0 Å². The van der Waals surface area contributed by atoms with E-state index in [1.807, 2.05) is 6.92 Å². The van der Waals surface area contributed by atoms with Crippen LogP contribution in [0.15, 0.2) is 24.3 Å². The number of benzene rings is 1. The average Bonchev–Trinajstić information content (AvgIpc) is 2.38. The molecule has 0 aliphatic carbocycles. The first-order chi connectivity index (χ1) is 8.68. The number of carbonyl (C=O) groups excluding carboxylic acids is 1. The van der Waals surface area contributed by atoms with Crippen LogP contribution in [0.4, 0.5) is 4.39 Å². The van der Waals surface area contributed by atoms with Gasteiger partial charge in [0, 0.05) is 18.7 Å². The highest BCUT2D eigenvalue weighted by molar-refractivity contribution is 5.82. The highest BCUT2D eigenvalue weighted by Gasteiger charge is 2.27. The van der Waals surface area contributed by atoms with Crippen molar-refractivity contribution in [2.24, 2.45) is 0 Å². The zero-order valence-corrected chi connectivity index (χ0v) is 10.3. The molecule has 0 saturated carbocycles. The maximum absolute atomic E-state index is 13.4. The predicted octanol–water partition coefficient (Wildman–Crippen LogP) is 0.819. The summed E-state index contributed by atoms with van der Waals surface area (Å²) in [7, 11) is 0. The summed E-state index contributed by atoms with van der Waals surface area (Å²) in [6.45, 7) is 3.30. The van der Waals surface area contributed by atoms with Crippen molar-refractivity contribution in [2.45, 2.75) is 25.6 Å². The van der Waals surface area contributed by atoms with E-state index in [1.165, 1.54) is 6.07 Å². The molecular weight excluding hydrogens is 235 g/mol. The summed E-state index contributed by atoms with van der Waals surface area (Å²) in [6, 6.07) is 6.04. The lowest BCUT2D eigenvalue weighted by molar-refractivity contribution is -0.129. The molecule has 2 atom stereocenters. The van der Waals surface area contributed by atoms with Gasteiger partial charge in [0.15, 0.2) is 0 Å². The number of hydrogen-bond donors (Lipinski definition) is 2. The van der Waals surface area contributed by atoms with Gasteiger partial charge >= 0.3 is 0 Å². The van der Waals surface area contributed by atoms with Crippen molar-refractivity contribution in [1.82, 2.24) is 10.6 Å². The highest BCUT2D eigenvalue weighted by atomic mass is 19.1. The van der Waals surface area contributed by atoms with Crippen LogP contribution < -0.4 is 10.6 Å². The van der Waals surface area contributed by atoms with Gasteiger partial charge in [-0.1, -0.05) is 18.2 Å². The molecule has 4 nitrogen and oxygen atoms in total. The van der Waals surface area contributed by atoms with Crippen LogP contribution in [0.3, 0.4) is 0 Å². The number of hydrogen-bond acceptors (Lipinski definition) is 3. The quantitative estimate of drug-likeness (QED) is 0.837. The molecule has 98 valence electrons. The maximum Gasteiger partial charge on any atom is 0.240 e. The topological polar surface area (TPSA) is 50.4 Å². The molecule has 2 N–H and O–H groups in total. The van der Waals surface area contributed by atoms with E-state index in [0.29, 0.717) is 18.7 Å². The lowest BCUT2D eigenvalue weighted by Gasteiger charge is -2.29. The Kier molecular flexibility index (Phi) is 4.28. The van der Waals surface area contributed by atoms with E-state index in [-0.39, 0.29) is 30.4 Å². The van der Waals surface area contributed by atoms with Crippen LogP contribution in [0.5, 0.6) is 0 Å². The van der Waals surface area contributed by atoms with Crippen molar-refractivity contribution in [3.05, 3.63) is 35.6 Å². The van der Waals surface area contributed by atoms with Crippen LogP contribution in [0.1, 0.15) is 12.5 Å². The third-order valence-electron chi connectivity index (χ3n) is 3.01. The monoisotopic (exact) mass is 252 g/mol. The van der Waals surface area contributed by atoms with Crippen molar-refractivity contribution in [3.8, 4) is 0 Å². The Balaban J connectivity index is 1.90. The molecule has 1 aromatic rings. The molecule has 5 heteroatoms. The molecule has 0 spiro atoms. The molecule has 18 heavy (non-hydrogen) atoms. The number of carbonyl (C=O) groups is 1. The second-order valence-electron chi connectivity index (χ2n) is 4.32. The molecular formula is C13H17FN2O2. The summed E-state index contributed by atoms with van der Waals surface area (Å²) in [5.74, 6) is -0.468. The predicted molar refractivity (Wildman–Crippen MR) is 65.5 cm³/mol. The molecule has 1 amide bonds. The van der Waals surface area contributed by atoms with Crippen molar-refractivity contribution >= 4 is 5.91 Å². The molecule has 0 aromatic heterocycles. The van der Waals surface area contributed by atoms with Crippen LogP contribution in [0.25, 0.3) is 0 Å². The van der Waals surface area contributed by atoms with Gasteiger partial charge < -0.3 is 15.4 Å². The summed E-state index contributed by atoms with van der Waals surface area (Å²) >= 11 is 0. The van der Waals surface area contributed by atoms with E-state index in [9.17, 15) is 9.18 Å². The minimum Gasteiger partial charge on any atom is -0.375 e. The maximum atomic E-state index is 13.4. The Morgan fingerprint density at radius 1 is 1.56 bits per heavy atom. The Bertz CT molecular complexity index is 425. The van der Waals surface area contributed by atoms with Crippen LogP contribution in [0, 0.1) is 5.82 Å². The average molecular weight is 252 g/mol. The normalized spacial score (nSPS) is 23.7. The van der Waals surface area contributed by atoms with E-state index < -0.39 is 0 Å². The second kappa shape index (κ2) is 5.93. The van der Waals surface area contributed by atoms with Gasteiger partial charge in [-0.05, 0) is 13.0 Å². The first kappa shape index (κ1) is 13.0. The van der Waals surface area contributed by atoms with Crippen LogP contribution >= 0.6 is 0 Å². The number of amides is 1. The SMILES string of the molecule is C[C@H]1OCCN[C@@H]1C(=O)NCc1ccccc1F. The van der Waals surface area contributed by atoms with Gasteiger partial charge in [-0.15, -0.1) is 0 Å². The summed E-state index contributed by atoms with van der Waals surface area (Å²) in [6.07, 6.45) is -0.167. The number of morpholine rings is 1. The van der Waals surface area contributed by atoms with Gasteiger partial charge in [0.05, 0.1) is 12.7 Å². The molecule has 1 aliphatic rings. The Morgan fingerprint density at radius 2 is 2.33 bits per heavy atom. The minimum absolute atomic E-state index is 0.162. The number of ether oxygens (including phenoxy) is 1. The molecule has 2 rings (SSSR count). The zero-order chi connectivity index (χ0) is 13.0. The molecule has 0 unspecified atom stereocenters. The number of nitrogens with one attached hydrogen (secondary N) is 2. The van der Waals surface area contributed by atoms with Crippen molar-refractivity contribution in [3.63, 3.8) is 0 Å². The number of rotatable bonds is 3. The third-order valence-corrected chi connectivity index (χ3v) is 3.01. The first-order valence-corrected chi connectivity index (χ1v) is 6.04. The van der Waals surface area contributed by atoms with E-state index in [1.54, 1.807) is 18.2 Å². The molecule has 0 bridgehead atoms. The molecule has 1 saturated heterocycles. The summed E-state index contributed by atoms with van der Waals surface area (Å²) in [5.41, 5.74) is 0.482. The largest absolute Gasteiger partial charge is 0.375 e. The lowest BCUT2D eigenvalue weighted by atomic mass is 10.1. The van der Waals surface area contributed by atoms with Gasteiger partial charge in [-0.3, -0.25) is 4.79 Å². The van der Waals surface area contributed by atoms with Gasteiger partial charge in [0.1, 0.15) is 11.9 Å². The lowest BCUT2D eigenvalue weighted by Crippen LogP contribution is -2.55. The first-order valence-electron chi connectivity index (χ1n) is 6.04.